The fourth-order valence-electron chi connectivity index (χ4n) is 4.14. The summed E-state index contributed by atoms with van der Waals surface area (Å²) in [6.07, 6.45) is 1.96. The summed E-state index contributed by atoms with van der Waals surface area (Å²) in [5, 5.41) is -0.449. The van der Waals surface area contributed by atoms with Crippen molar-refractivity contribution in [1.29, 1.82) is 0 Å². The Balaban J connectivity index is 1.50. The number of carbonyl (C=O) groups is 1. The molecule has 0 N–H and O–H groups in total. The Labute approximate surface area is 177 Å². The van der Waals surface area contributed by atoms with Gasteiger partial charge in [0.25, 0.3) is 0 Å². The van der Waals surface area contributed by atoms with Gasteiger partial charge in [0.15, 0.2) is 0 Å². The fourth-order valence-corrected chi connectivity index (χ4v) is 4.32. The van der Waals surface area contributed by atoms with Gasteiger partial charge in [-0.05, 0) is 56.6 Å². The highest BCUT2D eigenvalue weighted by atomic mass is 35.5. The van der Waals surface area contributed by atoms with Crippen molar-refractivity contribution < 1.29 is 4.79 Å². The smallest absolute Gasteiger partial charge is 0.320 e. The Hall–Kier alpha value is -2.31. The van der Waals surface area contributed by atoms with Gasteiger partial charge >= 0.3 is 5.37 Å². The molecule has 1 fully saturated rings. The lowest BCUT2D eigenvalue weighted by Gasteiger charge is -2.43. The van der Waals surface area contributed by atoms with E-state index in [9.17, 15) is 4.79 Å². The maximum atomic E-state index is 11.8. The van der Waals surface area contributed by atoms with E-state index in [1.807, 2.05) is 30.5 Å². The van der Waals surface area contributed by atoms with Crippen molar-refractivity contribution in [2.24, 2.45) is 0 Å². The summed E-state index contributed by atoms with van der Waals surface area (Å²) in [5.74, 6) is 0.885. The molecule has 29 heavy (non-hydrogen) atoms. The Morgan fingerprint density at radius 1 is 0.931 bits per heavy atom. The number of fused-ring (bicyclic) bond motifs is 1. The van der Waals surface area contributed by atoms with E-state index in [1.165, 1.54) is 0 Å². The molecule has 0 aliphatic carbocycles. The molecule has 6 nitrogen and oxygen atoms in total. The van der Waals surface area contributed by atoms with Crippen LogP contribution >= 0.6 is 11.6 Å². The van der Waals surface area contributed by atoms with E-state index >= 15 is 0 Å². The second kappa shape index (κ2) is 7.84. The number of halogens is 1. The van der Waals surface area contributed by atoms with Gasteiger partial charge in [0, 0.05) is 44.8 Å². The third-order valence-corrected chi connectivity index (χ3v) is 6.03. The number of carbonyl (C=O) groups excluding carboxylic acids is 1. The molecule has 3 heterocycles. The number of nitrogens with zero attached hydrogens (tertiary/aromatic N) is 5. The zero-order valence-electron chi connectivity index (χ0n) is 17.3. The van der Waals surface area contributed by atoms with Gasteiger partial charge in [-0.15, -0.1) is 0 Å². The van der Waals surface area contributed by atoms with Gasteiger partial charge in [-0.3, -0.25) is 14.6 Å². The largest absolute Gasteiger partial charge is 0.368 e. The first-order valence-electron chi connectivity index (χ1n) is 10.1. The van der Waals surface area contributed by atoms with Crippen LogP contribution in [0, 0.1) is 0 Å². The average Bonchev–Trinajstić information content (AvgIpc) is 2.72. The molecular formula is C22H28ClN5O. The van der Waals surface area contributed by atoms with E-state index in [1.54, 1.807) is 4.90 Å². The summed E-state index contributed by atoms with van der Waals surface area (Å²) in [5.41, 5.74) is 3.15. The number of benzene rings is 1. The number of pyridine rings is 1. The van der Waals surface area contributed by atoms with Crippen LogP contribution in [0.1, 0.15) is 20.8 Å². The van der Waals surface area contributed by atoms with Crippen LogP contribution in [0.15, 0.2) is 42.6 Å². The SMILES string of the molecule is CC(C)(C)N1CCN(c2ccc(N3CCN(C(=O)Cl)c4ccccc43)nc2)CC1. The predicted octanol–water partition coefficient (Wildman–Crippen LogP) is 4.32. The summed E-state index contributed by atoms with van der Waals surface area (Å²) >= 11 is 5.77. The van der Waals surface area contributed by atoms with E-state index in [0.29, 0.717) is 13.1 Å². The normalized spacial score (nSPS) is 18.0. The zero-order chi connectivity index (χ0) is 20.6. The van der Waals surface area contributed by atoms with E-state index in [2.05, 4.69) is 47.6 Å². The lowest BCUT2D eigenvalue weighted by Crippen LogP contribution is -2.53. The lowest BCUT2D eigenvalue weighted by molar-refractivity contribution is 0.128. The third-order valence-electron chi connectivity index (χ3n) is 5.83. The van der Waals surface area contributed by atoms with Crippen LogP contribution in [-0.2, 0) is 0 Å². The molecule has 0 bridgehead atoms. The number of hydrogen-bond donors (Lipinski definition) is 0. The Morgan fingerprint density at radius 2 is 1.62 bits per heavy atom. The molecule has 1 saturated heterocycles. The van der Waals surface area contributed by atoms with Gasteiger partial charge in [-0.1, -0.05) is 12.1 Å². The molecule has 2 aliphatic heterocycles. The van der Waals surface area contributed by atoms with Crippen molar-refractivity contribution >= 4 is 39.8 Å². The Kier molecular flexibility index (Phi) is 5.40. The van der Waals surface area contributed by atoms with E-state index in [4.69, 9.17) is 16.6 Å². The van der Waals surface area contributed by atoms with E-state index < -0.39 is 5.37 Å². The molecule has 154 valence electrons. The molecule has 2 aliphatic rings. The first-order chi connectivity index (χ1) is 13.8. The summed E-state index contributed by atoms with van der Waals surface area (Å²) in [6.45, 7) is 12.2. The van der Waals surface area contributed by atoms with Gasteiger partial charge in [0.05, 0.1) is 23.3 Å². The second-order valence-electron chi connectivity index (χ2n) is 8.56. The summed E-state index contributed by atoms with van der Waals surface area (Å²) in [6, 6.07) is 12.0. The summed E-state index contributed by atoms with van der Waals surface area (Å²) < 4.78 is 0. The van der Waals surface area contributed by atoms with Crippen LogP contribution in [0.25, 0.3) is 0 Å². The van der Waals surface area contributed by atoms with Crippen LogP contribution in [0.5, 0.6) is 0 Å². The first-order valence-corrected chi connectivity index (χ1v) is 10.5. The van der Waals surface area contributed by atoms with Crippen LogP contribution < -0.4 is 14.7 Å². The van der Waals surface area contributed by atoms with E-state index in [-0.39, 0.29) is 5.54 Å². The van der Waals surface area contributed by atoms with Crippen molar-refractivity contribution in [3.63, 3.8) is 0 Å². The fraction of sp³-hybridized carbons (Fsp3) is 0.455. The molecule has 7 heteroatoms. The molecule has 0 unspecified atom stereocenters. The molecular weight excluding hydrogens is 386 g/mol. The number of aromatic nitrogens is 1. The standard InChI is InChI=1S/C22H28ClN5O/c1-22(2,3)26-12-10-25(11-13-26)17-8-9-20(24-16-17)27-14-15-28(21(23)29)19-7-5-4-6-18(19)27/h4-9,16H,10-15H2,1-3H3. The molecule has 1 aromatic carbocycles. The topological polar surface area (TPSA) is 42.9 Å². The van der Waals surface area contributed by atoms with Gasteiger partial charge in [0.1, 0.15) is 5.82 Å². The highest BCUT2D eigenvalue weighted by Crippen LogP contribution is 2.37. The predicted molar refractivity (Wildman–Crippen MR) is 120 cm³/mol. The number of anilines is 4. The highest BCUT2D eigenvalue weighted by Gasteiger charge is 2.28. The van der Waals surface area contributed by atoms with Crippen LogP contribution in [0.4, 0.5) is 27.7 Å². The zero-order valence-corrected chi connectivity index (χ0v) is 18.1. The number of piperazine rings is 1. The van der Waals surface area contributed by atoms with Crippen molar-refractivity contribution in [1.82, 2.24) is 9.88 Å². The average molecular weight is 414 g/mol. The maximum Gasteiger partial charge on any atom is 0.320 e. The lowest BCUT2D eigenvalue weighted by atomic mass is 10.0. The minimum absolute atomic E-state index is 0.216. The van der Waals surface area contributed by atoms with Crippen LogP contribution in [-0.4, -0.2) is 60.1 Å². The van der Waals surface area contributed by atoms with Crippen molar-refractivity contribution in [3.8, 4) is 0 Å². The van der Waals surface area contributed by atoms with E-state index in [0.717, 1.165) is 49.1 Å². The second-order valence-corrected chi connectivity index (χ2v) is 8.89. The van der Waals surface area contributed by atoms with Crippen LogP contribution in [0.2, 0.25) is 0 Å². The molecule has 0 spiro atoms. The Morgan fingerprint density at radius 3 is 2.21 bits per heavy atom. The summed E-state index contributed by atoms with van der Waals surface area (Å²) in [4.78, 5) is 25.2. The minimum atomic E-state index is -0.449. The first kappa shape index (κ1) is 20.0. The van der Waals surface area contributed by atoms with Gasteiger partial charge in [0.2, 0.25) is 0 Å². The van der Waals surface area contributed by atoms with Crippen LogP contribution in [0.3, 0.4) is 0 Å². The molecule has 0 atom stereocenters. The van der Waals surface area contributed by atoms with Gasteiger partial charge in [-0.2, -0.15) is 0 Å². The highest BCUT2D eigenvalue weighted by molar-refractivity contribution is 6.66. The third kappa shape index (κ3) is 4.05. The molecule has 1 aromatic heterocycles. The van der Waals surface area contributed by atoms with Gasteiger partial charge in [-0.25, -0.2) is 4.98 Å². The number of rotatable bonds is 2. The van der Waals surface area contributed by atoms with Gasteiger partial charge < -0.3 is 9.80 Å². The molecule has 0 saturated carbocycles. The molecule has 4 rings (SSSR count). The quantitative estimate of drug-likeness (QED) is 0.541. The van der Waals surface area contributed by atoms with Crippen molar-refractivity contribution in [2.45, 2.75) is 26.3 Å². The molecule has 0 radical (unpaired) electrons. The summed E-state index contributed by atoms with van der Waals surface area (Å²) in [7, 11) is 0. The van der Waals surface area contributed by atoms with Crippen molar-refractivity contribution in [2.75, 3.05) is 54.0 Å². The molecule has 2 aromatic rings. The minimum Gasteiger partial charge on any atom is -0.368 e. The monoisotopic (exact) mass is 413 g/mol. The maximum absolute atomic E-state index is 11.8. The number of amides is 1. The number of hydrogen-bond acceptors (Lipinski definition) is 5. The number of para-hydroxylation sites is 2. The molecule has 1 amide bonds. The van der Waals surface area contributed by atoms with Crippen molar-refractivity contribution in [3.05, 3.63) is 42.6 Å². The Bertz CT molecular complexity index is 872.